The molecule has 1 aromatic carbocycles. The summed E-state index contributed by atoms with van der Waals surface area (Å²) >= 11 is 17.7. The maximum Gasteiger partial charge on any atom is 0.235 e. The summed E-state index contributed by atoms with van der Waals surface area (Å²) in [4.78, 5) is 23.3. The van der Waals surface area contributed by atoms with Crippen LogP contribution in [0, 0.1) is 5.92 Å². The van der Waals surface area contributed by atoms with Crippen molar-refractivity contribution in [1.29, 1.82) is 0 Å². The van der Waals surface area contributed by atoms with E-state index in [0.717, 1.165) is 0 Å². The summed E-state index contributed by atoms with van der Waals surface area (Å²) in [7, 11) is 0. The Hall–Kier alpha value is -1.01. The summed E-state index contributed by atoms with van der Waals surface area (Å²) in [6.45, 7) is 0.162. The molecule has 5 nitrogen and oxygen atoms in total. The molecule has 0 aromatic heterocycles. The topological polar surface area (TPSA) is 78.4 Å². The van der Waals surface area contributed by atoms with Crippen LogP contribution in [0.5, 0.6) is 0 Å². The molecule has 2 atom stereocenters. The highest BCUT2D eigenvalue weighted by Gasteiger charge is 2.38. The number of aliphatic hydroxyl groups is 1. The first-order chi connectivity index (χ1) is 9.41. The van der Waals surface area contributed by atoms with Crippen LogP contribution in [0.15, 0.2) is 12.1 Å². The minimum absolute atomic E-state index is 0.0739. The lowest BCUT2D eigenvalue weighted by Gasteiger charge is -2.13. The van der Waals surface area contributed by atoms with Crippen LogP contribution in [0.2, 0.25) is 15.1 Å². The maximum atomic E-state index is 11.9. The van der Waals surface area contributed by atoms with E-state index in [4.69, 9.17) is 34.8 Å². The fourth-order valence-corrected chi connectivity index (χ4v) is 2.52. The van der Waals surface area contributed by atoms with Crippen molar-refractivity contribution in [3.05, 3.63) is 32.8 Å². The van der Waals surface area contributed by atoms with E-state index in [1.807, 2.05) is 0 Å². The number of carbonyl (C=O) groups excluding carboxylic acids is 2. The molecule has 2 unspecified atom stereocenters. The fourth-order valence-electron chi connectivity index (χ4n) is 1.90. The number of benzene rings is 1. The van der Waals surface area contributed by atoms with E-state index in [9.17, 15) is 14.7 Å². The zero-order valence-corrected chi connectivity index (χ0v) is 12.4. The summed E-state index contributed by atoms with van der Waals surface area (Å²) < 4.78 is 0. The molecule has 0 bridgehead atoms. The zero-order chi connectivity index (χ0) is 14.9. The number of hydrogen-bond donors (Lipinski definition) is 3. The average Bonchev–Trinajstić information content (AvgIpc) is 2.74. The number of amides is 2. The quantitative estimate of drug-likeness (QED) is 0.576. The Morgan fingerprint density at radius 3 is 2.65 bits per heavy atom. The van der Waals surface area contributed by atoms with Crippen LogP contribution in [-0.2, 0) is 16.1 Å². The van der Waals surface area contributed by atoms with E-state index >= 15 is 0 Å². The minimum Gasteiger partial charge on any atom is -0.390 e. The smallest absolute Gasteiger partial charge is 0.235 e. The number of hydrogen-bond acceptors (Lipinski definition) is 3. The minimum atomic E-state index is -1.10. The third-order valence-corrected chi connectivity index (χ3v) is 4.34. The van der Waals surface area contributed by atoms with Crippen LogP contribution < -0.4 is 10.6 Å². The number of aliphatic hydroxyl groups excluding tert-OH is 1. The highest BCUT2D eigenvalue weighted by Crippen LogP contribution is 2.32. The molecule has 1 aromatic rings. The Labute approximate surface area is 130 Å². The lowest BCUT2D eigenvalue weighted by molar-refractivity contribution is -0.135. The van der Waals surface area contributed by atoms with Gasteiger partial charge >= 0.3 is 0 Å². The molecule has 8 heteroatoms. The van der Waals surface area contributed by atoms with E-state index in [1.54, 1.807) is 12.1 Å². The largest absolute Gasteiger partial charge is 0.390 e. The van der Waals surface area contributed by atoms with Crippen molar-refractivity contribution in [2.45, 2.75) is 12.6 Å². The van der Waals surface area contributed by atoms with Crippen molar-refractivity contribution in [2.75, 3.05) is 6.54 Å². The Kier molecular flexibility index (Phi) is 4.75. The van der Waals surface area contributed by atoms with Gasteiger partial charge in [0.25, 0.3) is 0 Å². The van der Waals surface area contributed by atoms with Gasteiger partial charge in [0, 0.05) is 13.1 Å². The van der Waals surface area contributed by atoms with E-state index < -0.39 is 23.8 Å². The van der Waals surface area contributed by atoms with Gasteiger partial charge in [0.2, 0.25) is 11.8 Å². The summed E-state index contributed by atoms with van der Waals surface area (Å²) in [5.74, 6) is -2.15. The highest BCUT2D eigenvalue weighted by molar-refractivity contribution is 6.48. The molecule has 0 saturated carbocycles. The molecule has 3 N–H and O–H groups in total. The molecule has 2 rings (SSSR count). The van der Waals surface area contributed by atoms with Crippen LogP contribution in [0.25, 0.3) is 0 Å². The monoisotopic (exact) mass is 336 g/mol. The summed E-state index contributed by atoms with van der Waals surface area (Å²) in [5, 5.41) is 15.3. The summed E-state index contributed by atoms with van der Waals surface area (Å²) in [6, 6.07) is 3.19. The van der Waals surface area contributed by atoms with Crippen LogP contribution in [-0.4, -0.2) is 29.6 Å². The molecule has 20 heavy (non-hydrogen) atoms. The second-order valence-corrected chi connectivity index (χ2v) is 5.51. The highest BCUT2D eigenvalue weighted by atomic mass is 35.5. The van der Waals surface area contributed by atoms with Crippen molar-refractivity contribution >= 4 is 46.6 Å². The Bertz CT molecular complexity index is 565. The lowest BCUT2D eigenvalue weighted by atomic mass is 10.0. The van der Waals surface area contributed by atoms with E-state index in [1.165, 1.54) is 0 Å². The maximum absolute atomic E-state index is 11.9. The number of carbonyl (C=O) groups is 2. The van der Waals surface area contributed by atoms with E-state index in [2.05, 4.69) is 10.6 Å². The second-order valence-electron chi connectivity index (χ2n) is 4.34. The Balaban J connectivity index is 2.04. The van der Waals surface area contributed by atoms with Gasteiger partial charge in [-0.05, 0) is 11.6 Å². The molecule has 1 saturated heterocycles. The number of rotatable bonds is 3. The molecule has 1 heterocycles. The molecule has 1 fully saturated rings. The van der Waals surface area contributed by atoms with Crippen molar-refractivity contribution in [2.24, 2.45) is 5.92 Å². The van der Waals surface area contributed by atoms with Crippen molar-refractivity contribution < 1.29 is 14.7 Å². The zero-order valence-electron chi connectivity index (χ0n) is 10.1. The standard InChI is InChI=1S/C12H11Cl3N2O3/c13-6-2-1-5(9(14)10(6)15)3-16-11(19)8-7(18)4-17-12(8)20/h1-2,7-8,18H,3-4H2,(H,16,19)(H,17,20). The number of β-amino-alcohol motifs (C(OH)–C–C–N with tert-alkyl or cyclic N) is 1. The van der Waals surface area contributed by atoms with Gasteiger partial charge in [0.15, 0.2) is 0 Å². The summed E-state index contributed by atoms with van der Waals surface area (Å²) in [5.41, 5.74) is 0.572. The molecule has 0 aliphatic carbocycles. The lowest BCUT2D eigenvalue weighted by Crippen LogP contribution is -2.39. The van der Waals surface area contributed by atoms with Gasteiger partial charge in [-0.3, -0.25) is 9.59 Å². The van der Waals surface area contributed by atoms with Crippen molar-refractivity contribution in [3.8, 4) is 0 Å². The Morgan fingerprint density at radius 2 is 2.05 bits per heavy atom. The third-order valence-electron chi connectivity index (χ3n) is 3.00. The van der Waals surface area contributed by atoms with Crippen molar-refractivity contribution in [1.82, 2.24) is 10.6 Å². The normalized spacial score (nSPS) is 21.7. The predicted octanol–water partition coefficient (Wildman–Crippen LogP) is 1.37. The van der Waals surface area contributed by atoms with Gasteiger partial charge in [-0.2, -0.15) is 0 Å². The van der Waals surface area contributed by atoms with E-state index in [-0.39, 0.29) is 23.1 Å². The molecule has 2 amide bonds. The molecule has 1 aliphatic rings. The number of nitrogens with one attached hydrogen (secondary N) is 2. The predicted molar refractivity (Wildman–Crippen MR) is 75.8 cm³/mol. The number of halogens is 3. The Morgan fingerprint density at radius 1 is 1.35 bits per heavy atom. The van der Waals surface area contributed by atoms with Gasteiger partial charge in [-0.25, -0.2) is 0 Å². The van der Waals surface area contributed by atoms with Gasteiger partial charge in [-0.1, -0.05) is 40.9 Å². The van der Waals surface area contributed by atoms with E-state index in [0.29, 0.717) is 10.6 Å². The second kappa shape index (κ2) is 6.18. The molecule has 108 valence electrons. The van der Waals surface area contributed by atoms with Gasteiger partial charge in [0.1, 0.15) is 5.92 Å². The molecule has 0 spiro atoms. The first kappa shape index (κ1) is 15.4. The molecule has 0 radical (unpaired) electrons. The van der Waals surface area contributed by atoms with Crippen molar-refractivity contribution in [3.63, 3.8) is 0 Å². The van der Waals surface area contributed by atoms with Gasteiger partial charge in [0.05, 0.1) is 21.2 Å². The van der Waals surface area contributed by atoms with Crippen LogP contribution >= 0.6 is 34.8 Å². The van der Waals surface area contributed by atoms with Crippen LogP contribution in [0.4, 0.5) is 0 Å². The summed E-state index contributed by atoms with van der Waals surface area (Å²) in [6.07, 6.45) is -1.02. The SMILES string of the molecule is O=C(NCc1ccc(Cl)c(Cl)c1Cl)C1C(=O)NCC1O. The first-order valence-electron chi connectivity index (χ1n) is 5.77. The third kappa shape index (κ3) is 3.01. The fraction of sp³-hybridized carbons (Fsp3) is 0.333. The molecular weight excluding hydrogens is 327 g/mol. The first-order valence-corrected chi connectivity index (χ1v) is 6.91. The average molecular weight is 338 g/mol. The molecule has 1 aliphatic heterocycles. The van der Waals surface area contributed by atoms with Gasteiger partial charge in [-0.15, -0.1) is 0 Å². The van der Waals surface area contributed by atoms with Gasteiger partial charge < -0.3 is 15.7 Å². The molecular formula is C12H11Cl3N2O3. The van der Waals surface area contributed by atoms with Crippen LogP contribution in [0.3, 0.4) is 0 Å². The van der Waals surface area contributed by atoms with Crippen LogP contribution in [0.1, 0.15) is 5.56 Å².